The zero-order chi connectivity index (χ0) is 6.41. The van der Waals surface area contributed by atoms with Crippen molar-refractivity contribution < 1.29 is 5.11 Å². The second kappa shape index (κ2) is 4.53. The topological polar surface area (TPSA) is 32.6 Å². The maximum atomic E-state index is 8.50. The fourth-order valence-electron chi connectivity index (χ4n) is 0.372. The number of hydrogen-bond donors (Lipinski definition) is 1. The van der Waals surface area contributed by atoms with Crippen LogP contribution in [-0.2, 0) is 0 Å². The molecule has 2 nitrogen and oxygen atoms in total. The minimum atomic E-state index is 0.0772. The molecule has 0 aromatic rings. The van der Waals surface area contributed by atoms with Crippen molar-refractivity contribution in [2.24, 2.45) is 4.99 Å². The predicted octanol–water partition coefficient (Wildman–Crippen LogP) is 0.626. The molecule has 0 amide bonds. The van der Waals surface area contributed by atoms with E-state index in [0.717, 1.165) is 5.57 Å². The van der Waals surface area contributed by atoms with Gasteiger partial charge in [-0.25, -0.2) is 0 Å². The van der Waals surface area contributed by atoms with Crippen LogP contribution >= 0.6 is 0 Å². The summed E-state index contributed by atoms with van der Waals surface area (Å²) in [5.74, 6) is 0. The summed E-state index contributed by atoms with van der Waals surface area (Å²) < 4.78 is 0. The molecule has 0 saturated heterocycles. The molecule has 0 aliphatic heterocycles. The van der Waals surface area contributed by atoms with Crippen molar-refractivity contribution in [2.75, 3.05) is 13.7 Å². The third-order valence-electron chi connectivity index (χ3n) is 0.848. The molecule has 1 N–H and O–H groups in total. The van der Waals surface area contributed by atoms with Crippen molar-refractivity contribution in [1.82, 2.24) is 0 Å². The highest BCUT2D eigenvalue weighted by Crippen LogP contribution is 1.84. The second-order valence-electron chi connectivity index (χ2n) is 1.41. The number of hydrogen-bond acceptors (Lipinski definition) is 2. The maximum absolute atomic E-state index is 8.50. The van der Waals surface area contributed by atoms with E-state index in [0.29, 0.717) is 0 Å². The largest absolute Gasteiger partial charge is 0.392 e. The molecule has 0 saturated carbocycles. The lowest BCUT2D eigenvalue weighted by atomic mass is 10.3. The number of allylic oxidation sites excluding steroid dienone is 1. The average molecular weight is 113 g/mol. The molecule has 0 rings (SSSR count). The lowest BCUT2D eigenvalue weighted by molar-refractivity contribution is 0.337. The lowest BCUT2D eigenvalue weighted by Crippen LogP contribution is -1.89. The number of aliphatic hydroxyl groups is 1. The van der Waals surface area contributed by atoms with Crippen LogP contribution in [0.25, 0.3) is 0 Å². The Bertz CT molecular complexity index is 102. The van der Waals surface area contributed by atoms with Crippen LogP contribution in [0, 0.1) is 0 Å². The molecule has 0 aliphatic carbocycles. The van der Waals surface area contributed by atoms with E-state index in [1.807, 2.05) is 13.0 Å². The van der Waals surface area contributed by atoms with Crippen LogP contribution in [-0.4, -0.2) is 25.0 Å². The van der Waals surface area contributed by atoms with Crippen molar-refractivity contribution in [3.05, 3.63) is 11.6 Å². The molecule has 2 heteroatoms. The van der Waals surface area contributed by atoms with Crippen LogP contribution < -0.4 is 0 Å². The summed E-state index contributed by atoms with van der Waals surface area (Å²) in [6.07, 6.45) is 3.47. The molecule has 46 valence electrons. The SMILES string of the molecule is C/C=C(\C=N/C)CO. The van der Waals surface area contributed by atoms with E-state index in [-0.39, 0.29) is 6.61 Å². The van der Waals surface area contributed by atoms with Crippen LogP contribution in [0.5, 0.6) is 0 Å². The summed E-state index contributed by atoms with van der Waals surface area (Å²) in [6.45, 7) is 1.95. The van der Waals surface area contributed by atoms with Crippen molar-refractivity contribution in [2.45, 2.75) is 6.92 Å². The van der Waals surface area contributed by atoms with Crippen LogP contribution in [0.2, 0.25) is 0 Å². The van der Waals surface area contributed by atoms with Gasteiger partial charge in [0.15, 0.2) is 0 Å². The Morgan fingerprint density at radius 1 is 1.75 bits per heavy atom. The van der Waals surface area contributed by atoms with Crippen molar-refractivity contribution in [3.8, 4) is 0 Å². The molecule has 0 aromatic carbocycles. The summed E-state index contributed by atoms with van der Waals surface area (Å²) in [6, 6.07) is 0. The summed E-state index contributed by atoms with van der Waals surface area (Å²) in [4.78, 5) is 3.72. The predicted molar refractivity (Wildman–Crippen MR) is 35.3 cm³/mol. The van der Waals surface area contributed by atoms with Gasteiger partial charge in [-0.2, -0.15) is 0 Å². The Labute approximate surface area is 49.6 Å². The van der Waals surface area contributed by atoms with Crippen LogP contribution in [0.3, 0.4) is 0 Å². The Balaban J connectivity index is 3.72. The first-order chi connectivity index (χ1) is 3.85. The molecule has 0 spiro atoms. The maximum Gasteiger partial charge on any atom is 0.0693 e. The van der Waals surface area contributed by atoms with E-state index in [9.17, 15) is 0 Å². The fraction of sp³-hybridized carbons (Fsp3) is 0.500. The van der Waals surface area contributed by atoms with E-state index in [2.05, 4.69) is 4.99 Å². The average Bonchev–Trinajstić information content (AvgIpc) is 1.83. The molecule has 0 aromatic heterocycles. The van der Waals surface area contributed by atoms with Gasteiger partial charge in [-0.05, 0) is 12.5 Å². The van der Waals surface area contributed by atoms with Crippen molar-refractivity contribution in [3.63, 3.8) is 0 Å². The van der Waals surface area contributed by atoms with E-state index in [1.165, 1.54) is 0 Å². The van der Waals surface area contributed by atoms with Gasteiger partial charge in [-0.15, -0.1) is 0 Å². The summed E-state index contributed by atoms with van der Waals surface area (Å²) >= 11 is 0. The normalized spacial score (nSPS) is 13.1. The summed E-state index contributed by atoms with van der Waals surface area (Å²) in [5.41, 5.74) is 0.854. The van der Waals surface area contributed by atoms with Gasteiger partial charge >= 0.3 is 0 Å². The molecular formula is C6H11NO. The Kier molecular flexibility index (Phi) is 4.17. The molecule has 0 aliphatic rings. The molecule has 8 heavy (non-hydrogen) atoms. The van der Waals surface area contributed by atoms with E-state index in [4.69, 9.17) is 5.11 Å². The molecule has 0 fully saturated rings. The zero-order valence-corrected chi connectivity index (χ0v) is 5.26. The number of aliphatic imine (C=N–C) groups is 1. The molecule has 0 atom stereocenters. The molecule has 0 bridgehead atoms. The Hall–Kier alpha value is -0.630. The lowest BCUT2D eigenvalue weighted by Gasteiger charge is -1.88. The van der Waals surface area contributed by atoms with Crippen molar-refractivity contribution >= 4 is 6.21 Å². The third-order valence-corrected chi connectivity index (χ3v) is 0.848. The van der Waals surface area contributed by atoms with Gasteiger partial charge in [0.05, 0.1) is 6.61 Å². The van der Waals surface area contributed by atoms with Gasteiger partial charge in [0, 0.05) is 13.3 Å². The van der Waals surface area contributed by atoms with Crippen LogP contribution in [0.1, 0.15) is 6.92 Å². The molecule has 0 unspecified atom stereocenters. The molecular weight excluding hydrogens is 102 g/mol. The first-order valence-corrected chi connectivity index (χ1v) is 2.53. The highest BCUT2D eigenvalue weighted by Gasteiger charge is 1.82. The number of aliphatic hydroxyl groups excluding tert-OH is 1. The van der Waals surface area contributed by atoms with E-state index in [1.54, 1.807) is 13.3 Å². The van der Waals surface area contributed by atoms with E-state index < -0.39 is 0 Å². The van der Waals surface area contributed by atoms with Crippen molar-refractivity contribution in [1.29, 1.82) is 0 Å². The molecule has 0 radical (unpaired) electrons. The Morgan fingerprint density at radius 2 is 2.38 bits per heavy atom. The molecule has 0 heterocycles. The highest BCUT2D eigenvalue weighted by molar-refractivity contribution is 5.78. The number of rotatable bonds is 2. The minimum absolute atomic E-state index is 0.0772. The van der Waals surface area contributed by atoms with Gasteiger partial charge < -0.3 is 5.11 Å². The minimum Gasteiger partial charge on any atom is -0.392 e. The van der Waals surface area contributed by atoms with Gasteiger partial charge in [-0.1, -0.05) is 6.08 Å². The first-order valence-electron chi connectivity index (χ1n) is 2.53. The van der Waals surface area contributed by atoms with E-state index >= 15 is 0 Å². The van der Waals surface area contributed by atoms with Gasteiger partial charge in [0.25, 0.3) is 0 Å². The monoisotopic (exact) mass is 113 g/mol. The zero-order valence-electron chi connectivity index (χ0n) is 5.26. The smallest absolute Gasteiger partial charge is 0.0693 e. The second-order valence-corrected chi connectivity index (χ2v) is 1.41. The Morgan fingerprint density at radius 3 is 2.50 bits per heavy atom. The van der Waals surface area contributed by atoms with Crippen LogP contribution in [0.15, 0.2) is 16.6 Å². The summed E-state index contributed by atoms with van der Waals surface area (Å²) in [7, 11) is 1.68. The number of nitrogens with zero attached hydrogens (tertiary/aromatic N) is 1. The van der Waals surface area contributed by atoms with Gasteiger partial charge in [0.1, 0.15) is 0 Å². The standard InChI is InChI=1S/C6H11NO/c1-3-6(5-8)4-7-2/h3-4,8H,5H2,1-2H3/b6-3+,7-4-. The summed E-state index contributed by atoms with van der Waals surface area (Å²) in [5, 5.41) is 8.50. The van der Waals surface area contributed by atoms with Crippen LogP contribution in [0.4, 0.5) is 0 Å². The quantitative estimate of drug-likeness (QED) is 0.523. The van der Waals surface area contributed by atoms with Gasteiger partial charge in [0.2, 0.25) is 0 Å². The third kappa shape index (κ3) is 2.53. The first kappa shape index (κ1) is 7.37. The fourth-order valence-corrected chi connectivity index (χ4v) is 0.372. The highest BCUT2D eigenvalue weighted by atomic mass is 16.3. The van der Waals surface area contributed by atoms with Gasteiger partial charge in [-0.3, -0.25) is 4.99 Å².